The Morgan fingerprint density at radius 2 is 2.20 bits per heavy atom. The fraction of sp³-hybridized carbons (Fsp3) is 0.467. The zero-order valence-electron chi connectivity index (χ0n) is 11.4. The minimum Gasteiger partial charge on any atom is -0.464 e. The van der Waals surface area contributed by atoms with Crippen LogP contribution in [-0.2, 0) is 19.2 Å². The van der Waals surface area contributed by atoms with E-state index in [1.165, 1.54) is 0 Å². The fourth-order valence-electron chi connectivity index (χ4n) is 3.05. The van der Waals surface area contributed by atoms with Crippen molar-refractivity contribution in [2.24, 2.45) is 0 Å². The summed E-state index contributed by atoms with van der Waals surface area (Å²) in [7, 11) is 0. The number of carbonyl (C=O) groups is 2. The van der Waals surface area contributed by atoms with Crippen molar-refractivity contribution in [2.75, 3.05) is 12.4 Å². The highest BCUT2D eigenvalue weighted by Crippen LogP contribution is 2.54. The van der Waals surface area contributed by atoms with E-state index >= 15 is 0 Å². The van der Waals surface area contributed by atoms with Gasteiger partial charge in [0.05, 0.1) is 6.61 Å². The van der Waals surface area contributed by atoms with E-state index in [4.69, 9.17) is 4.74 Å². The van der Waals surface area contributed by atoms with Gasteiger partial charge in [-0.15, -0.1) is 11.8 Å². The number of rotatable bonds is 3. The SMILES string of the molecule is CCOC(=O)C1CSC2(c3ccccc3)CCC(=O)N12. The molecule has 2 aliphatic heterocycles. The lowest BCUT2D eigenvalue weighted by Crippen LogP contribution is -2.46. The van der Waals surface area contributed by atoms with Crippen molar-refractivity contribution in [3.8, 4) is 0 Å². The number of nitrogens with zero attached hydrogens (tertiary/aromatic N) is 1. The Morgan fingerprint density at radius 1 is 1.45 bits per heavy atom. The second-order valence-corrected chi connectivity index (χ2v) is 6.29. The van der Waals surface area contributed by atoms with Crippen molar-refractivity contribution >= 4 is 23.6 Å². The normalized spacial score (nSPS) is 28.6. The number of hydrogen-bond donors (Lipinski definition) is 0. The lowest BCUT2D eigenvalue weighted by Gasteiger charge is -2.33. The van der Waals surface area contributed by atoms with Crippen LogP contribution in [0, 0.1) is 0 Å². The van der Waals surface area contributed by atoms with Gasteiger partial charge in [-0.2, -0.15) is 0 Å². The van der Waals surface area contributed by atoms with Gasteiger partial charge in [-0.3, -0.25) is 4.79 Å². The lowest BCUT2D eigenvalue weighted by atomic mass is 10.0. The standard InChI is InChI=1S/C15H17NO3S/c1-2-19-14(18)12-10-20-15(9-8-13(17)16(12)15)11-6-4-3-5-7-11/h3-7,12H,2,8-10H2,1H3. The van der Waals surface area contributed by atoms with E-state index in [-0.39, 0.29) is 16.7 Å². The van der Waals surface area contributed by atoms with Gasteiger partial charge >= 0.3 is 5.97 Å². The summed E-state index contributed by atoms with van der Waals surface area (Å²) in [6, 6.07) is 9.53. The maximum absolute atomic E-state index is 12.3. The summed E-state index contributed by atoms with van der Waals surface area (Å²) in [5.41, 5.74) is 1.10. The Morgan fingerprint density at radius 3 is 2.90 bits per heavy atom. The van der Waals surface area contributed by atoms with Gasteiger partial charge in [0.15, 0.2) is 0 Å². The van der Waals surface area contributed by atoms with Crippen LogP contribution in [0.4, 0.5) is 0 Å². The van der Waals surface area contributed by atoms with Crippen molar-refractivity contribution in [1.29, 1.82) is 0 Å². The Kier molecular flexibility index (Phi) is 3.46. The quantitative estimate of drug-likeness (QED) is 0.801. The minimum absolute atomic E-state index is 0.0527. The van der Waals surface area contributed by atoms with E-state index in [0.29, 0.717) is 18.8 Å². The van der Waals surface area contributed by atoms with E-state index in [1.807, 2.05) is 30.3 Å². The molecule has 1 aromatic carbocycles. The second-order valence-electron chi connectivity index (χ2n) is 4.99. The van der Waals surface area contributed by atoms with Crippen molar-refractivity contribution < 1.29 is 14.3 Å². The van der Waals surface area contributed by atoms with Crippen molar-refractivity contribution in [3.63, 3.8) is 0 Å². The van der Waals surface area contributed by atoms with Crippen LogP contribution in [0.5, 0.6) is 0 Å². The smallest absolute Gasteiger partial charge is 0.329 e. The van der Waals surface area contributed by atoms with Crippen LogP contribution in [0.3, 0.4) is 0 Å². The Labute approximate surface area is 122 Å². The molecule has 0 N–H and O–H groups in total. The van der Waals surface area contributed by atoms with Gasteiger partial charge in [0.1, 0.15) is 10.9 Å². The number of carbonyl (C=O) groups excluding carboxylic acids is 2. The molecule has 2 saturated heterocycles. The molecule has 2 unspecified atom stereocenters. The van der Waals surface area contributed by atoms with E-state index in [0.717, 1.165) is 12.0 Å². The number of esters is 1. The van der Waals surface area contributed by atoms with E-state index in [1.54, 1.807) is 23.6 Å². The molecule has 0 saturated carbocycles. The zero-order chi connectivity index (χ0) is 14.2. The molecule has 0 radical (unpaired) electrons. The average molecular weight is 291 g/mol. The molecule has 0 bridgehead atoms. The third kappa shape index (κ3) is 1.92. The predicted octanol–water partition coefficient (Wildman–Crippen LogP) is 2.14. The molecule has 0 spiro atoms. The highest BCUT2D eigenvalue weighted by molar-refractivity contribution is 8.00. The number of thioether (sulfide) groups is 1. The number of amides is 1. The number of benzene rings is 1. The first-order chi connectivity index (χ1) is 9.69. The van der Waals surface area contributed by atoms with E-state index in [9.17, 15) is 9.59 Å². The molecule has 2 fully saturated rings. The molecule has 20 heavy (non-hydrogen) atoms. The number of hydrogen-bond acceptors (Lipinski definition) is 4. The summed E-state index contributed by atoms with van der Waals surface area (Å²) in [4.78, 5) is 25.7. The fourth-order valence-corrected chi connectivity index (χ4v) is 4.69. The Bertz CT molecular complexity index is 533. The molecule has 3 rings (SSSR count). The van der Waals surface area contributed by atoms with Crippen LogP contribution >= 0.6 is 11.8 Å². The first-order valence-electron chi connectivity index (χ1n) is 6.87. The second kappa shape index (κ2) is 5.13. The molecule has 4 nitrogen and oxygen atoms in total. The van der Waals surface area contributed by atoms with Gasteiger partial charge in [-0.05, 0) is 18.9 Å². The van der Waals surface area contributed by atoms with Gasteiger partial charge in [0, 0.05) is 12.2 Å². The maximum Gasteiger partial charge on any atom is 0.329 e. The zero-order valence-corrected chi connectivity index (χ0v) is 12.2. The largest absolute Gasteiger partial charge is 0.464 e. The van der Waals surface area contributed by atoms with Gasteiger partial charge in [0.2, 0.25) is 5.91 Å². The van der Waals surface area contributed by atoms with E-state index < -0.39 is 6.04 Å². The number of ether oxygens (including phenoxy) is 1. The Balaban J connectivity index is 1.96. The monoisotopic (exact) mass is 291 g/mol. The van der Waals surface area contributed by atoms with Gasteiger partial charge in [-0.25, -0.2) is 4.79 Å². The van der Waals surface area contributed by atoms with Crippen molar-refractivity contribution in [3.05, 3.63) is 35.9 Å². The minimum atomic E-state index is -0.449. The summed E-state index contributed by atoms with van der Waals surface area (Å²) >= 11 is 1.68. The van der Waals surface area contributed by atoms with Crippen LogP contribution in [0.1, 0.15) is 25.3 Å². The molecule has 106 valence electrons. The third-order valence-corrected chi connectivity index (χ3v) is 5.51. The average Bonchev–Trinajstić information content (AvgIpc) is 3.00. The summed E-state index contributed by atoms with van der Waals surface area (Å²) in [5.74, 6) is 0.379. The summed E-state index contributed by atoms with van der Waals surface area (Å²) in [6.45, 7) is 2.14. The highest BCUT2D eigenvalue weighted by atomic mass is 32.2. The summed E-state index contributed by atoms with van der Waals surface area (Å²) in [6.07, 6.45) is 1.26. The van der Waals surface area contributed by atoms with Crippen LogP contribution in [0.15, 0.2) is 30.3 Å². The molecule has 1 aromatic rings. The molecule has 2 atom stereocenters. The molecule has 5 heteroatoms. The van der Waals surface area contributed by atoms with Crippen LogP contribution in [0.2, 0.25) is 0 Å². The first kappa shape index (κ1) is 13.5. The van der Waals surface area contributed by atoms with Gasteiger partial charge < -0.3 is 9.64 Å². The number of fused-ring (bicyclic) bond motifs is 1. The molecule has 1 amide bonds. The lowest BCUT2D eigenvalue weighted by molar-refractivity contribution is -0.153. The predicted molar refractivity (Wildman–Crippen MR) is 77.1 cm³/mol. The molecule has 2 heterocycles. The Hall–Kier alpha value is -1.49. The maximum atomic E-state index is 12.3. The molecule has 2 aliphatic rings. The molecule has 0 aromatic heterocycles. The highest BCUT2D eigenvalue weighted by Gasteiger charge is 2.57. The molecular weight excluding hydrogens is 274 g/mol. The van der Waals surface area contributed by atoms with Crippen LogP contribution < -0.4 is 0 Å². The topological polar surface area (TPSA) is 46.6 Å². The van der Waals surface area contributed by atoms with E-state index in [2.05, 4.69) is 0 Å². The molecule has 0 aliphatic carbocycles. The van der Waals surface area contributed by atoms with Crippen molar-refractivity contribution in [1.82, 2.24) is 4.90 Å². The van der Waals surface area contributed by atoms with Gasteiger partial charge in [0.25, 0.3) is 0 Å². The summed E-state index contributed by atoms with van der Waals surface area (Å²) < 4.78 is 5.12. The van der Waals surface area contributed by atoms with Crippen molar-refractivity contribution in [2.45, 2.75) is 30.7 Å². The molecular formula is C15H17NO3S. The first-order valence-corrected chi connectivity index (χ1v) is 7.86. The van der Waals surface area contributed by atoms with Gasteiger partial charge in [-0.1, -0.05) is 30.3 Å². The third-order valence-electron chi connectivity index (χ3n) is 3.91. The summed E-state index contributed by atoms with van der Waals surface area (Å²) in [5, 5.41) is 0. The van der Waals surface area contributed by atoms with Crippen LogP contribution in [-0.4, -0.2) is 35.2 Å². The van der Waals surface area contributed by atoms with Crippen LogP contribution in [0.25, 0.3) is 0 Å².